The van der Waals surface area contributed by atoms with E-state index >= 15 is 0 Å². The fraction of sp³-hybridized carbons (Fsp3) is 0.154. The second-order valence-corrected chi connectivity index (χ2v) is 4.76. The maximum absolute atomic E-state index is 11.7. The van der Waals surface area contributed by atoms with Crippen LogP contribution in [0.2, 0.25) is 0 Å². The molecule has 0 radical (unpaired) electrons. The Morgan fingerprint density at radius 1 is 1.50 bits per heavy atom. The van der Waals surface area contributed by atoms with Crippen molar-refractivity contribution in [3.63, 3.8) is 0 Å². The lowest BCUT2D eigenvalue weighted by molar-refractivity contribution is -0.111. The first-order valence-corrected chi connectivity index (χ1v) is 6.50. The van der Waals surface area contributed by atoms with Crippen molar-refractivity contribution in [1.82, 2.24) is 4.98 Å². The van der Waals surface area contributed by atoms with E-state index in [1.54, 1.807) is 19.1 Å². The number of anilines is 1. The fourth-order valence-corrected chi connectivity index (χ4v) is 2.31. The van der Waals surface area contributed by atoms with Gasteiger partial charge in [-0.15, -0.1) is 0 Å². The highest BCUT2D eigenvalue weighted by molar-refractivity contribution is 7.17. The van der Waals surface area contributed by atoms with Gasteiger partial charge in [0.15, 0.2) is 5.13 Å². The number of amides is 1. The molecule has 20 heavy (non-hydrogen) atoms. The summed E-state index contributed by atoms with van der Waals surface area (Å²) < 4.78 is 9.69. The number of thiazole rings is 1. The van der Waals surface area contributed by atoms with Gasteiger partial charge >= 0.3 is 5.97 Å². The van der Waals surface area contributed by atoms with Crippen LogP contribution in [0.25, 0.3) is 6.08 Å². The summed E-state index contributed by atoms with van der Waals surface area (Å²) in [5.74, 6) is -0.246. The minimum Gasteiger partial charge on any atom is -0.465 e. The molecule has 0 aliphatic carbocycles. The first kappa shape index (κ1) is 14.0. The molecule has 1 N–H and O–H groups in total. The lowest BCUT2D eigenvalue weighted by Gasteiger charge is -1.95. The highest BCUT2D eigenvalue weighted by atomic mass is 32.1. The molecule has 0 aliphatic rings. The zero-order valence-electron chi connectivity index (χ0n) is 10.9. The standard InChI is InChI=1S/C13H12N2O4S/c1-8-11(12(17)18-2)20-13(14-8)15-10(16)6-5-9-4-3-7-19-9/h3-7H,1-2H3,(H,14,15,16)/b6-5+. The molecule has 2 aromatic rings. The van der Waals surface area contributed by atoms with Crippen LogP contribution in [-0.4, -0.2) is 24.0 Å². The lowest BCUT2D eigenvalue weighted by Crippen LogP contribution is -2.07. The van der Waals surface area contributed by atoms with E-state index in [1.165, 1.54) is 25.5 Å². The van der Waals surface area contributed by atoms with Gasteiger partial charge in [0.25, 0.3) is 0 Å². The monoisotopic (exact) mass is 292 g/mol. The van der Waals surface area contributed by atoms with E-state index in [1.807, 2.05) is 0 Å². The van der Waals surface area contributed by atoms with Crippen molar-refractivity contribution in [1.29, 1.82) is 0 Å². The van der Waals surface area contributed by atoms with Gasteiger partial charge in [-0.1, -0.05) is 11.3 Å². The summed E-state index contributed by atoms with van der Waals surface area (Å²) in [6, 6.07) is 3.46. The SMILES string of the molecule is COC(=O)c1sc(NC(=O)/C=C/c2ccco2)nc1C. The van der Waals surface area contributed by atoms with E-state index in [0.717, 1.165) is 11.3 Å². The van der Waals surface area contributed by atoms with Crippen LogP contribution in [0.3, 0.4) is 0 Å². The molecule has 0 fully saturated rings. The highest BCUT2D eigenvalue weighted by Gasteiger charge is 2.16. The molecule has 6 nitrogen and oxygen atoms in total. The molecule has 7 heteroatoms. The summed E-state index contributed by atoms with van der Waals surface area (Å²) in [5.41, 5.74) is 0.521. The zero-order valence-corrected chi connectivity index (χ0v) is 11.7. The Hall–Kier alpha value is -2.41. The average Bonchev–Trinajstić information content (AvgIpc) is 3.05. The minimum absolute atomic E-state index is 0.344. The molecule has 0 aliphatic heterocycles. The molecule has 0 aromatic carbocycles. The van der Waals surface area contributed by atoms with Crippen LogP contribution in [0.15, 0.2) is 28.9 Å². The van der Waals surface area contributed by atoms with Crippen molar-refractivity contribution >= 4 is 34.4 Å². The lowest BCUT2D eigenvalue weighted by atomic mass is 10.4. The van der Waals surface area contributed by atoms with Gasteiger partial charge in [0.2, 0.25) is 5.91 Å². The molecule has 0 saturated heterocycles. The van der Waals surface area contributed by atoms with Gasteiger partial charge < -0.3 is 9.15 Å². The van der Waals surface area contributed by atoms with Gasteiger partial charge in [-0.3, -0.25) is 10.1 Å². The van der Waals surface area contributed by atoms with Crippen LogP contribution in [-0.2, 0) is 9.53 Å². The van der Waals surface area contributed by atoms with Crippen LogP contribution in [0.5, 0.6) is 0 Å². The summed E-state index contributed by atoms with van der Waals surface area (Å²) in [6.07, 6.45) is 4.38. The molecule has 0 saturated carbocycles. The van der Waals surface area contributed by atoms with Gasteiger partial charge in [-0.05, 0) is 25.1 Å². The number of hydrogen-bond acceptors (Lipinski definition) is 6. The number of rotatable bonds is 4. The minimum atomic E-state index is -0.466. The molecule has 0 unspecified atom stereocenters. The van der Waals surface area contributed by atoms with Gasteiger partial charge in [0.1, 0.15) is 10.6 Å². The maximum atomic E-state index is 11.7. The van der Waals surface area contributed by atoms with Gasteiger partial charge in [-0.25, -0.2) is 9.78 Å². The summed E-state index contributed by atoms with van der Waals surface area (Å²) in [4.78, 5) is 27.6. The Morgan fingerprint density at radius 3 is 2.95 bits per heavy atom. The Labute approximate surface area is 119 Å². The Balaban J connectivity index is 2.03. The number of carbonyl (C=O) groups excluding carboxylic acids is 2. The Bertz CT molecular complexity index is 643. The normalized spacial score (nSPS) is 10.7. The average molecular weight is 292 g/mol. The summed E-state index contributed by atoms with van der Waals surface area (Å²) in [7, 11) is 1.30. The van der Waals surface area contributed by atoms with E-state index < -0.39 is 5.97 Å². The van der Waals surface area contributed by atoms with Crippen LogP contribution < -0.4 is 5.32 Å². The summed E-state index contributed by atoms with van der Waals surface area (Å²) >= 11 is 1.07. The van der Waals surface area contributed by atoms with Gasteiger partial charge in [-0.2, -0.15) is 0 Å². The number of nitrogens with zero attached hydrogens (tertiary/aromatic N) is 1. The molecule has 0 bridgehead atoms. The Kier molecular flexibility index (Phi) is 4.31. The molecular formula is C13H12N2O4S. The molecule has 1 amide bonds. The number of hydrogen-bond donors (Lipinski definition) is 1. The first-order valence-electron chi connectivity index (χ1n) is 5.68. The number of ether oxygens (including phenoxy) is 1. The third kappa shape index (κ3) is 3.33. The smallest absolute Gasteiger partial charge is 0.350 e. The first-order chi connectivity index (χ1) is 9.60. The van der Waals surface area contributed by atoms with Crippen LogP contribution in [0.4, 0.5) is 5.13 Å². The molecule has 104 valence electrons. The molecule has 2 aromatic heterocycles. The second-order valence-electron chi connectivity index (χ2n) is 3.76. The van der Waals surface area contributed by atoms with Gasteiger partial charge in [0.05, 0.1) is 19.1 Å². The number of aromatic nitrogens is 1. The summed E-state index contributed by atoms with van der Waals surface area (Å²) in [6.45, 7) is 1.68. The maximum Gasteiger partial charge on any atom is 0.350 e. The molecule has 2 rings (SSSR count). The number of carbonyl (C=O) groups is 2. The van der Waals surface area contributed by atoms with Crippen molar-refractivity contribution in [3.8, 4) is 0 Å². The number of aryl methyl sites for hydroxylation is 1. The Morgan fingerprint density at radius 2 is 2.30 bits per heavy atom. The van der Waals surface area contributed by atoms with E-state index in [0.29, 0.717) is 21.5 Å². The van der Waals surface area contributed by atoms with Gasteiger partial charge in [0, 0.05) is 6.08 Å². The van der Waals surface area contributed by atoms with Crippen molar-refractivity contribution < 1.29 is 18.7 Å². The largest absolute Gasteiger partial charge is 0.465 e. The zero-order chi connectivity index (χ0) is 14.5. The predicted octanol–water partition coefficient (Wildman–Crippen LogP) is 2.48. The predicted molar refractivity (Wildman–Crippen MR) is 74.6 cm³/mol. The molecule has 2 heterocycles. The van der Waals surface area contributed by atoms with Crippen LogP contribution in [0.1, 0.15) is 21.1 Å². The van der Waals surface area contributed by atoms with Crippen molar-refractivity contribution in [3.05, 3.63) is 40.8 Å². The fourth-order valence-electron chi connectivity index (χ4n) is 1.42. The number of methoxy groups -OCH3 is 1. The topological polar surface area (TPSA) is 81.4 Å². The molecule has 0 atom stereocenters. The van der Waals surface area contributed by atoms with Crippen LogP contribution in [0, 0.1) is 6.92 Å². The molecule has 0 spiro atoms. The molecular weight excluding hydrogens is 280 g/mol. The van der Waals surface area contributed by atoms with Crippen molar-refractivity contribution in [2.24, 2.45) is 0 Å². The quantitative estimate of drug-likeness (QED) is 0.691. The number of nitrogens with one attached hydrogen (secondary N) is 1. The second kappa shape index (κ2) is 6.16. The van der Waals surface area contributed by atoms with E-state index in [2.05, 4.69) is 15.0 Å². The summed E-state index contributed by atoms with van der Waals surface area (Å²) in [5, 5.41) is 2.92. The van der Waals surface area contributed by atoms with Crippen molar-refractivity contribution in [2.45, 2.75) is 6.92 Å². The third-order valence-corrected chi connectivity index (χ3v) is 3.39. The van der Waals surface area contributed by atoms with Crippen LogP contribution >= 0.6 is 11.3 Å². The van der Waals surface area contributed by atoms with E-state index in [-0.39, 0.29) is 5.91 Å². The highest BCUT2D eigenvalue weighted by Crippen LogP contribution is 2.23. The van der Waals surface area contributed by atoms with E-state index in [9.17, 15) is 9.59 Å². The number of esters is 1. The number of furan rings is 1. The van der Waals surface area contributed by atoms with E-state index in [4.69, 9.17) is 4.42 Å². The van der Waals surface area contributed by atoms with Crippen molar-refractivity contribution in [2.75, 3.05) is 12.4 Å². The third-order valence-electron chi connectivity index (χ3n) is 2.34.